The number of methoxy groups -OCH3 is 1. The fourth-order valence-corrected chi connectivity index (χ4v) is 1.44. The zero-order valence-electron chi connectivity index (χ0n) is 7.40. The van der Waals surface area contributed by atoms with Crippen LogP contribution in [0.5, 0.6) is 0 Å². The molecule has 0 spiro atoms. The predicted molar refractivity (Wildman–Crippen MR) is 47.7 cm³/mol. The first-order valence-corrected chi connectivity index (χ1v) is 3.98. The SMILES string of the molecule is COC1(C(C)O)C=CC=CC1N. The molecule has 0 fully saturated rings. The van der Waals surface area contributed by atoms with E-state index < -0.39 is 11.7 Å². The van der Waals surface area contributed by atoms with E-state index >= 15 is 0 Å². The molecule has 1 aliphatic rings. The smallest absolute Gasteiger partial charge is 0.130 e. The Hall–Kier alpha value is -0.640. The highest BCUT2D eigenvalue weighted by atomic mass is 16.5. The molecule has 68 valence electrons. The molecular formula is C9H15NO2. The molecule has 3 atom stereocenters. The van der Waals surface area contributed by atoms with E-state index in [9.17, 15) is 5.11 Å². The van der Waals surface area contributed by atoms with E-state index in [0.29, 0.717) is 0 Å². The van der Waals surface area contributed by atoms with Gasteiger partial charge in [0.1, 0.15) is 5.60 Å². The first kappa shape index (κ1) is 9.45. The van der Waals surface area contributed by atoms with E-state index in [1.54, 1.807) is 20.1 Å². The van der Waals surface area contributed by atoms with Gasteiger partial charge in [-0.1, -0.05) is 18.2 Å². The predicted octanol–water partition coefficient (Wildman–Crippen LogP) is 0.206. The Morgan fingerprint density at radius 3 is 2.58 bits per heavy atom. The summed E-state index contributed by atoms with van der Waals surface area (Å²) in [6.07, 6.45) is 6.68. The van der Waals surface area contributed by atoms with Crippen LogP contribution >= 0.6 is 0 Å². The summed E-state index contributed by atoms with van der Waals surface area (Å²) in [5.74, 6) is 0. The average molecular weight is 169 g/mol. The van der Waals surface area contributed by atoms with Crippen LogP contribution in [0.15, 0.2) is 24.3 Å². The first-order chi connectivity index (χ1) is 5.63. The van der Waals surface area contributed by atoms with Crippen LogP contribution in [0.2, 0.25) is 0 Å². The van der Waals surface area contributed by atoms with Crippen LogP contribution < -0.4 is 5.73 Å². The standard InChI is InChI=1S/C9H15NO2/c1-7(11)9(12-2)6-4-3-5-8(9)10/h3-8,11H,10H2,1-2H3. The zero-order valence-corrected chi connectivity index (χ0v) is 7.40. The fraction of sp³-hybridized carbons (Fsp3) is 0.556. The minimum Gasteiger partial charge on any atom is -0.390 e. The molecule has 12 heavy (non-hydrogen) atoms. The molecule has 0 amide bonds. The van der Waals surface area contributed by atoms with E-state index in [1.165, 1.54) is 0 Å². The molecule has 3 heteroatoms. The van der Waals surface area contributed by atoms with E-state index in [-0.39, 0.29) is 6.04 Å². The fourth-order valence-electron chi connectivity index (χ4n) is 1.44. The topological polar surface area (TPSA) is 55.5 Å². The van der Waals surface area contributed by atoms with Crippen molar-refractivity contribution in [1.29, 1.82) is 0 Å². The van der Waals surface area contributed by atoms with E-state index in [4.69, 9.17) is 10.5 Å². The number of nitrogens with two attached hydrogens (primary N) is 1. The Labute approximate surface area is 72.5 Å². The van der Waals surface area contributed by atoms with Crippen molar-refractivity contribution < 1.29 is 9.84 Å². The second kappa shape index (κ2) is 3.39. The maximum Gasteiger partial charge on any atom is 0.130 e. The molecule has 3 unspecified atom stereocenters. The minimum atomic E-state index is -0.755. The summed E-state index contributed by atoms with van der Waals surface area (Å²) in [6, 6.07) is -0.285. The number of allylic oxidation sites excluding steroid dienone is 2. The molecule has 3 N–H and O–H groups in total. The summed E-state index contributed by atoms with van der Waals surface area (Å²) >= 11 is 0. The Balaban J connectivity index is 2.92. The summed E-state index contributed by atoms with van der Waals surface area (Å²) in [6.45, 7) is 1.67. The van der Waals surface area contributed by atoms with Gasteiger partial charge in [-0.25, -0.2) is 0 Å². The highest BCUT2D eigenvalue weighted by molar-refractivity contribution is 5.26. The third-order valence-electron chi connectivity index (χ3n) is 2.31. The lowest BCUT2D eigenvalue weighted by Gasteiger charge is -2.37. The molecule has 0 aliphatic heterocycles. The van der Waals surface area contributed by atoms with Gasteiger partial charge in [0.15, 0.2) is 0 Å². The van der Waals surface area contributed by atoms with Crippen molar-refractivity contribution in [1.82, 2.24) is 0 Å². The van der Waals surface area contributed by atoms with Gasteiger partial charge in [0.2, 0.25) is 0 Å². The summed E-state index contributed by atoms with van der Waals surface area (Å²) in [5, 5.41) is 9.51. The second-order valence-electron chi connectivity index (χ2n) is 3.00. The number of hydrogen-bond acceptors (Lipinski definition) is 3. The van der Waals surface area contributed by atoms with E-state index in [1.807, 2.05) is 18.2 Å². The first-order valence-electron chi connectivity index (χ1n) is 3.98. The van der Waals surface area contributed by atoms with Gasteiger partial charge >= 0.3 is 0 Å². The highest BCUT2D eigenvalue weighted by Crippen LogP contribution is 2.24. The molecule has 0 bridgehead atoms. The average Bonchev–Trinajstić information content (AvgIpc) is 2.05. The Kier molecular flexibility index (Phi) is 2.67. The van der Waals surface area contributed by atoms with Crippen molar-refractivity contribution in [2.45, 2.75) is 24.7 Å². The van der Waals surface area contributed by atoms with Crippen LogP contribution in [-0.2, 0) is 4.74 Å². The molecule has 0 aromatic rings. The van der Waals surface area contributed by atoms with Gasteiger partial charge in [0, 0.05) is 7.11 Å². The molecular weight excluding hydrogens is 154 g/mol. The van der Waals surface area contributed by atoms with Crippen LogP contribution in [0.25, 0.3) is 0 Å². The number of rotatable bonds is 2. The molecule has 0 saturated heterocycles. The minimum absolute atomic E-state index is 0.285. The van der Waals surface area contributed by atoms with Gasteiger partial charge in [-0.15, -0.1) is 0 Å². The van der Waals surface area contributed by atoms with Crippen molar-refractivity contribution in [2.75, 3.05) is 7.11 Å². The maximum atomic E-state index is 9.51. The van der Waals surface area contributed by atoms with Gasteiger partial charge in [-0.2, -0.15) is 0 Å². The van der Waals surface area contributed by atoms with Crippen molar-refractivity contribution >= 4 is 0 Å². The Morgan fingerprint density at radius 2 is 2.25 bits per heavy atom. The lowest BCUT2D eigenvalue weighted by atomic mass is 9.86. The zero-order chi connectivity index (χ0) is 9.19. The van der Waals surface area contributed by atoms with E-state index in [0.717, 1.165) is 0 Å². The van der Waals surface area contributed by atoms with Gasteiger partial charge in [0.25, 0.3) is 0 Å². The Bertz CT molecular complexity index is 211. The van der Waals surface area contributed by atoms with Gasteiger partial charge in [0.05, 0.1) is 12.1 Å². The van der Waals surface area contributed by atoms with Gasteiger partial charge < -0.3 is 15.6 Å². The number of aliphatic hydroxyl groups excluding tert-OH is 1. The molecule has 0 heterocycles. The lowest BCUT2D eigenvalue weighted by Crippen LogP contribution is -2.55. The van der Waals surface area contributed by atoms with Crippen molar-refractivity contribution in [3.63, 3.8) is 0 Å². The van der Waals surface area contributed by atoms with E-state index in [2.05, 4.69) is 0 Å². The maximum absolute atomic E-state index is 9.51. The van der Waals surface area contributed by atoms with Gasteiger partial charge in [-0.3, -0.25) is 0 Å². The molecule has 0 aromatic heterocycles. The summed E-state index contributed by atoms with van der Waals surface area (Å²) < 4.78 is 5.24. The summed E-state index contributed by atoms with van der Waals surface area (Å²) in [4.78, 5) is 0. The molecule has 0 radical (unpaired) electrons. The van der Waals surface area contributed by atoms with Crippen LogP contribution in [0.3, 0.4) is 0 Å². The number of ether oxygens (including phenoxy) is 1. The summed E-state index contributed by atoms with van der Waals surface area (Å²) in [5.41, 5.74) is 5.05. The van der Waals surface area contributed by atoms with Gasteiger partial charge in [-0.05, 0) is 13.0 Å². The molecule has 0 aromatic carbocycles. The quantitative estimate of drug-likeness (QED) is 0.621. The number of aliphatic hydroxyl groups is 1. The third kappa shape index (κ3) is 1.31. The number of hydrogen-bond donors (Lipinski definition) is 2. The Morgan fingerprint density at radius 1 is 1.58 bits per heavy atom. The van der Waals surface area contributed by atoms with Crippen LogP contribution in [0.1, 0.15) is 6.92 Å². The molecule has 1 rings (SSSR count). The highest BCUT2D eigenvalue weighted by Gasteiger charge is 2.38. The lowest BCUT2D eigenvalue weighted by molar-refractivity contribution is -0.0683. The normalized spacial score (nSPS) is 36.8. The van der Waals surface area contributed by atoms with Crippen LogP contribution in [0, 0.1) is 0 Å². The van der Waals surface area contributed by atoms with Crippen molar-refractivity contribution in [2.24, 2.45) is 5.73 Å². The molecule has 3 nitrogen and oxygen atoms in total. The molecule has 0 saturated carbocycles. The van der Waals surface area contributed by atoms with Crippen LogP contribution in [0.4, 0.5) is 0 Å². The monoisotopic (exact) mass is 169 g/mol. The van der Waals surface area contributed by atoms with Crippen molar-refractivity contribution in [3.05, 3.63) is 24.3 Å². The third-order valence-corrected chi connectivity index (χ3v) is 2.31. The summed E-state index contributed by atoms with van der Waals surface area (Å²) in [7, 11) is 1.55. The van der Waals surface area contributed by atoms with Crippen LogP contribution in [-0.4, -0.2) is 30.0 Å². The largest absolute Gasteiger partial charge is 0.390 e. The second-order valence-corrected chi connectivity index (χ2v) is 3.00. The van der Waals surface area contributed by atoms with Crippen molar-refractivity contribution in [3.8, 4) is 0 Å². The molecule has 1 aliphatic carbocycles.